The lowest BCUT2D eigenvalue weighted by molar-refractivity contribution is 0.0615. The zero-order valence-corrected chi connectivity index (χ0v) is 19.1. The van der Waals surface area contributed by atoms with Gasteiger partial charge in [-0.05, 0) is 88.4 Å². The maximum Gasteiger partial charge on any atom is 0.274 e. The summed E-state index contributed by atoms with van der Waals surface area (Å²) in [5, 5.41) is 4.90. The Morgan fingerprint density at radius 1 is 1.06 bits per heavy atom. The molecule has 31 heavy (non-hydrogen) atoms. The van der Waals surface area contributed by atoms with E-state index in [0.29, 0.717) is 11.6 Å². The number of carbonyl (C=O) groups is 1. The van der Waals surface area contributed by atoms with Gasteiger partial charge in [0.05, 0.1) is 5.69 Å². The van der Waals surface area contributed by atoms with E-state index in [2.05, 4.69) is 52.6 Å². The molecule has 1 unspecified atom stereocenters. The zero-order valence-electron chi connectivity index (χ0n) is 19.1. The molecule has 2 fully saturated rings. The average molecular weight is 421 g/mol. The number of aromatic nitrogens is 2. The molecule has 5 rings (SSSR count). The summed E-state index contributed by atoms with van der Waals surface area (Å²) < 4.78 is 2.06. The minimum Gasteiger partial charge on any atom is -0.337 e. The molecule has 1 aromatic heterocycles. The quantitative estimate of drug-likeness (QED) is 0.742. The first-order chi connectivity index (χ1) is 15.1. The Labute approximate surface area is 186 Å². The number of hydrogen-bond donors (Lipinski definition) is 0. The van der Waals surface area contributed by atoms with Crippen molar-refractivity contribution in [2.45, 2.75) is 58.8 Å². The summed E-state index contributed by atoms with van der Waals surface area (Å²) >= 11 is 0. The molecule has 1 aliphatic carbocycles. The van der Waals surface area contributed by atoms with Crippen molar-refractivity contribution in [3.8, 4) is 5.69 Å². The average Bonchev–Trinajstić information content (AvgIpc) is 3.39. The number of fused-ring (bicyclic) bond motifs is 1. The summed E-state index contributed by atoms with van der Waals surface area (Å²) in [6.45, 7) is 9.84. The van der Waals surface area contributed by atoms with Gasteiger partial charge < -0.3 is 9.80 Å². The van der Waals surface area contributed by atoms with Gasteiger partial charge in [-0.25, -0.2) is 4.68 Å². The van der Waals surface area contributed by atoms with Crippen molar-refractivity contribution in [2.24, 2.45) is 11.8 Å². The first-order valence-corrected chi connectivity index (χ1v) is 12.3. The molecule has 1 atom stereocenters. The normalized spacial score (nSPS) is 22.6. The molecule has 5 heteroatoms. The van der Waals surface area contributed by atoms with Crippen LogP contribution in [0.5, 0.6) is 0 Å². The first-order valence-electron chi connectivity index (χ1n) is 12.3. The van der Waals surface area contributed by atoms with Crippen molar-refractivity contribution in [3.05, 3.63) is 46.8 Å². The van der Waals surface area contributed by atoms with E-state index in [1.807, 2.05) is 0 Å². The van der Waals surface area contributed by atoms with E-state index in [-0.39, 0.29) is 5.91 Å². The van der Waals surface area contributed by atoms with E-state index in [4.69, 9.17) is 5.10 Å². The predicted octanol–water partition coefficient (Wildman–Crippen LogP) is 4.25. The fourth-order valence-electron chi connectivity index (χ4n) is 5.77. The largest absolute Gasteiger partial charge is 0.337 e. The van der Waals surface area contributed by atoms with Crippen LogP contribution in [-0.4, -0.2) is 58.2 Å². The van der Waals surface area contributed by atoms with Gasteiger partial charge in [0.15, 0.2) is 5.69 Å². The van der Waals surface area contributed by atoms with Crippen molar-refractivity contribution < 1.29 is 4.79 Å². The number of amides is 1. The van der Waals surface area contributed by atoms with Gasteiger partial charge in [0.25, 0.3) is 5.91 Å². The Bertz CT molecular complexity index is 941. The number of rotatable bonds is 4. The van der Waals surface area contributed by atoms with Crippen LogP contribution in [0, 0.1) is 18.8 Å². The van der Waals surface area contributed by atoms with Crippen LogP contribution in [0.25, 0.3) is 5.69 Å². The second-order valence-electron chi connectivity index (χ2n) is 10.1. The highest BCUT2D eigenvalue weighted by Crippen LogP contribution is 2.30. The van der Waals surface area contributed by atoms with E-state index in [0.717, 1.165) is 56.9 Å². The fourth-order valence-corrected chi connectivity index (χ4v) is 5.77. The van der Waals surface area contributed by atoms with E-state index in [1.165, 1.54) is 49.2 Å². The smallest absolute Gasteiger partial charge is 0.274 e. The molecule has 2 aliphatic heterocycles. The summed E-state index contributed by atoms with van der Waals surface area (Å²) in [6.07, 6.45) is 8.10. The second-order valence-corrected chi connectivity index (χ2v) is 10.1. The highest BCUT2D eigenvalue weighted by atomic mass is 16.2. The van der Waals surface area contributed by atoms with E-state index >= 15 is 0 Å². The van der Waals surface area contributed by atoms with E-state index in [1.54, 1.807) is 0 Å². The molecule has 5 nitrogen and oxygen atoms in total. The Hall–Kier alpha value is -2.14. The lowest BCUT2D eigenvalue weighted by Gasteiger charge is -2.37. The van der Waals surface area contributed by atoms with Crippen LogP contribution in [-0.2, 0) is 12.8 Å². The topological polar surface area (TPSA) is 41.4 Å². The maximum atomic E-state index is 13.6. The number of hydrogen-bond acceptors (Lipinski definition) is 3. The Kier molecular flexibility index (Phi) is 5.87. The summed E-state index contributed by atoms with van der Waals surface area (Å²) in [5.74, 6) is 1.62. The third kappa shape index (κ3) is 4.17. The van der Waals surface area contributed by atoms with Crippen LogP contribution in [0.4, 0.5) is 0 Å². The lowest BCUT2D eigenvalue weighted by atomic mass is 9.94. The molecule has 2 aromatic rings. The van der Waals surface area contributed by atoms with Gasteiger partial charge in [0.1, 0.15) is 0 Å². The van der Waals surface area contributed by atoms with Crippen molar-refractivity contribution in [1.29, 1.82) is 0 Å². The van der Waals surface area contributed by atoms with Crippen LogP contribution in [0.1, 0.15) is 66.3 Å². The van der Waals surface area contributed by atoms with Crippen LogP contribution < -0.4 is 0 Å². The van der Waals surface area contributed by atoms with Crippen molar-refractivity contribution in [2.75, 3.05) is 32.7 Å². The van der Waals surface area contributed by atoms with Crippen LogP contribution >= 0.6 is 0 Å². The monoisotopic (exact) mass is 420 g/mol. The van der Waals surface area contributed by atoms with Crippen molar-refractivity contribution >= 4 is 5.91 Å². The highest BCUT2D eigenvalue weighted by molar-refractivity contribution is 5.94. The second kappa shape index (κ2) is 8.78. The predicted molar refractivity (Wildman–Crippen MR) is 124 cm³/mol. The number of piperidine rings is 2. The maximum absolute atomic E-state index is 13.6. The third-order valence-electron chi connectivity index (χ3n) is 7.68. The Morgan fingerprint density at radius 2 is 1.87 bits per heavy atom. The first kappa shape index (κ1) is 20.7. The van der Waals surface area contributed by atoms with Crippen molar-refractivity contribution in [3.63, 3.8) is 0 Å². The van der Waals surface area contributed by atoms with Gasteiger partial charge in [-0.15, -0.1) is 0 Å². The van der Waals surface area contributed by atoms with Gasteiger partial charge >= 0.3 is 0 Å². The third-order valence-corrected chi connectivity index (χ3v) is 7.68. The number of para-hydroxylation sites is 1. The summed E-state index contributed by atoms with van der Waals surface area (Å²) in [5.41, 5.74) is 5.46. The zero-order chi connectivity index (χ0) is 21.4. The lowest BCUT2D eigenvalue weighted by Crippen LogP contribution is -2.45. The fraction of sp³-hybridized carbons (Fsp3) is 0.615. The molecule has 1 amide bonds. The molecule has 0 spiro atoms. The molecule has 2 saturated heterocycles. The summed E-state index contributed by atoms with van der Waals surface area (Å²) in [7, 11) is 0. The molecule has 3 aliphatic rings. The molecule has 0 radical (unpaired) electrons. The molecular weight excluding hydrogens is 384 g/mol. The van der Waals surface area contributed by atoms with Gasteiger partial charge in [0, 0.05) is 30.9 Å². The van der Waals surface area contributed by atoms with Crippen molar-refractivity contribution in [1.82, 2.24) is 19.6 Å². The molecular formula is C26H36N4O. The number of aryl methyl sites for hydroxylation is 1. The van der Waals surface area contributed by atoms with E-state index in [9.17, 15) is 4.79 Å². The SMILES string of the molecule is Cc1ccccc1-n1nc(C(=O)N2CCCC(CN3CCC(C)CC3)C2)c2c1CCC2. The number of nitrogens with zero attached hydrogens (tertiary/aromatic N) is 4. The number of benzene rings is 1. The summed E-state index contributed by atoms with van der Waals surface area (Å²) in [4.78, 5) is 18.3. The molecule has 0 bridgehead atoms. The van der Waals surface area contributed by atoms with Gasteiger partial charge in [0.2, 0.25) is 0 Å². The number of likely N-dealkylation sites (tertiary alicyclic amines) is 2. The Morgan fingerprint density at radius 3 is 2.68 bits per heavy atom. The molecule has 0 N–H and O–H groups in total. The van der Waals surface area contributed by atoms with Gasteiger partial charge in [-0.2, -0.15) is 5.10 Å². The van der Waals surface area contributed by atoms with Crippen LogP contribution in [0.3, 0.4) is 0 Å². The summed E-state index contributed by atoms with van der Waals surface area (Å²) in [6, 6.07) is 8.36. The highest BCUT2D eigenvalue weighted by Gasteiger charge is 2.32. The molecule has 166 valence electrons. The number of carbonyl (C=O) groups excluding carboxylic acids is 1. The van der Waals surface area contributed by atoms with Gasteiger partial charge in [-0.1, -0.05) is 25.1 Å². The molecule has 0 saturated carbocycles. The van der Waals surface area contributed by atoms with Crippen LogP contribution in [0.15, 0.2) is 24.3 Å². The minimum absolute atomic E-state index is 0.155. The molecule has 3 heterocycles. The van der Waals surface area contributed by atoms with Gasteiger partial charge in [-0.3, -0.25) is 4.79 Å². The standard InChI is InChI=1S/C26H36N4O/c1-19-12-15-28(16-13-19)17-21-8-6-14-29(18-21)26(31)25-22-9-5-11-24(22)30(27-25)23-10-4-3-7-20(23)2/h3-4,7,10,19,21H,5-6,8-9,11-18H2,1-2H3. The van der Waals surface area contributed by atoms with Crippen LogP contribution in [0.2, 0.25) is 0 Å². The minimum atomic E-state index is 0.155. The molecule has 1 aromatic carbocycles. The Balaban J connectivity index is 1.33. The van der Waals surface area contributed by atoms with E-state index < -0.39 is 0 Å².